The van der Waals surface area contributed by atoms with Crippen molar-refractivity contribution in [3.05, 3.63) is 66.0 Å². The number of hydrogen-bond acceptors (Lipinski definition) is 4. The van der Waals surface area contributed by atoms with Gasteiger partial charge in [0.2, 0.25) is 0 Å². The van der Waals surface area contributed by atoms with E-state index in [0.717, 1.165) is 24.2 Å². The van der Waals surface area contributed by atoms with Gasteiger partial charge in [-0.15, -0.1) is 0 Å². The van der Waals surface area contributed by atoms with Gasteiger partial charge in [-0.1, -0.05) is 62.4 Å². The summed E-state index contributed by atoms with van der Waals surface area (Å²) in [7, 11) is 1.64. The van der Waals surface area contributed by atoms with E-state index in [1.807, 2.05) is 68.5 Å². The predicted octanol–water partition coefficient (Wildman–Crippen LogP) is 4.56. The lowest BCUT2D eigenvalue weighted by atomic mass is 9.83. The molecule has 2 unspecified atom stereocenters. The van der Waals surface area contributed by atoms with Crippen molar-refractivity contribution in [1.82, 2.24) is 0 Å². The van der Waals surface area contributed by atoms with Gasteiger partial charge < -0.3 is 14.6 Å². The second kappa shape index (κ2) is 11.6. The fourth-order valence-corrected chi connectivity index (χ4v) is 3.44. The van der Waals surface area contributed by atoms with Crippen molar-refractivity contribution < 1.29 is 19.4 Å². The van der Waals surface area contributed by atoms with Gasteiger partial charge in [0, 0.05) is 12.3 Å². The molecule has 0 fully saturated rings. The van der Waals surface area contributed by atoms with Crippen LogP contribution in [0.3, 0.4) is 0 Å². The summed E-state index contributed by atoms with van der Waals surface area (Å²) in [6.07, 6.45) is 10.7. The maximum Gasteiger partial charge on any atom is 0.138 e. The Morgan fingerprint density at radius 1 is 1.32 bits per heavy atom. The molecule has 1 N–H and O–H groups in total. The molecule has 0 amide bonds. The van der Waals surface area contributed by atoms with E-state index in [1.54, 1.807) is 13.2 Å². The van der Waals surface area contributed by atoms with E-state index >= 15 is 0 Å². The molecule has 0 aromatic heterocycles. The normalized spacial score (nSPS) is 19.9. The Balaban J connectivity index is 1.80. The van der Waals surface area contributed by atoms with Gasteiger partial charge in [-0.05, 0) is 36.5 Å². The monoisotopic (exact) mass is 384 g/mol. The molecule has 1 aromatic rings. The fraction of sp³-hybridized carbons (Fsp3) is 0.458. The van der Waals surface area contributed by atoms with E-state index in [4.69, 9.17) is 9.47 Å². The topological polar surface area (TPSA) is 55.8 Å². The minimum atomic E-state index is -0.649. The average molecular weight is 385 g/mol. The lowest BCUT2D eigenvalue weighted by Crippen LogP contribution is -2.30. The molecule has 1 aromatic carbocycles. The maximum absolute atomic E-state index is 12.6. The van der Waals surface area contributed by atoms with Crippen LogP contribution in [0.5, 0.6) is 0 Å². The SMILES string of the molecule is CC[C@@H](C(C)C(=O)CCOC1C=CC(OC)=CC1)[C@H](O)/C=C/c1ccccc1. The van der Waals surface area contributed by atoms with E-state index in [9.17, 15) is 9.90 Å². The highest BCUT2D eigenvalue weighted by Crippen LogP contribution is 2.24. The standard InChI is InChI=1S/C24H32O4/c1-4-22(24(26)15-10-19-8-6-5-7-9-19)18(2)23(25)16-17-28-21-13-11-20(27-3)12-14-21/h5-13,15,18,21-22,24,26H,4,14,16-17H2,1-3H3/b15-10+/t18?,21?,22-,24+/m0/s1. The van der Waals surface area contributed by atoms with Gasteiger partial charge in [0.25, 0.3) is 0 Å². The van der Waals surface area contributed by atoms with Gasteiger partial charge in [0.15, 0.2) is 0 Å². The number of Topliss-reactive ketones (excluding diaryl/α,β-unsaturated/α-hetero) is 1. The van der Waals surface area contributed by atoms with Crippen molar-refractivity contribution in [3.8, 4) is 0 Å². The number of methoxy groups -OCH3 is 1. The zero-order chi connectivity index (χ0) is 20.4. The van der Waals surface area contributed by atoms with Gasteiger partial charge in [0.05, 0.1) is 25.9 Å². The molecular formula is C24H32O4. The largest absolute Gasteiger partial charge is 0.497 e. The van der Waals surface area contributed by atoms with E-state index in [1.165, 1.54) is 0 Å². The molecule has 0 bridgehead atoms. The molecule has 4 atom stereocenters. The Kier molecular flexibility index (Phi) is 9.18. The molecule has 4 nitrogen and oxygen atoms in total. The molecule has 0 saturated heterocycles. The Hall–Kier alpha value is -2.17. The number of ketones is 1. The molecule has 0 radical (unpaired) electrons. The van der Waals surface area contributed by atoms with Crippen LogP contribution in [0.1, 0.15) is 38.7 Å². The summed E-state index contributed by atoms with van der Waals surface area (Å²) in [5.74, 6) is 0.653. The second-order valence-corrected chi connectivity index (χ2v) is 7.15. The van der Waals surface area contributed by atoms with Crippen LogP contribution in [0, 0.1) is 11.8 Å². The molecule has 1 aliphatic carbocycles. The minimum Gasteiger partial charge on any atom is -0.497 e. The third-order valence-electron chi connectivity index (χ3n) is 5.29. The first-order valence-electron chi connectivity index (χ1n) is 10.0. The maximum atomic E-state index is 12.6. The first-order chi connectivity index (χ1) is 13.5. The Bertz CT molecular complexity index is 690. The Morgan fingerprint density at radius 2 is 2.07 bits per heavy atom. The molecule has 1 aliphatic rings. The van der Waals surface area contributed by atoms with Gasteiger partial charge in [-0.2, -0.15) is 0 Å². The summed E-state index contributed by atoms with van der Waals surface area (Å²) in [6, 6.07) is 9.86. The number of ether oxygens (including phenoxy) is 2. The van der Waals surface area contributed by atoms with Gasteiger partial charge in [-0.25, -0.2) is 0 Å². The summed E-state index contributed by atoms with van der Waals surface area (Å²) in [5, 5.41) is 10.6. The van der Waals surface area contributed by atoms with Gasteiger partial charge in [-0.3, -0.25) is 4.79 Å². The predicted molar refractivity (Wildman–Crippen MR) is 113 cm³/mol. The van der Waals surface area contributed by atoms with Crippen LogP contribution in [0.25, 0.3) is 6.08 Å². The van der Waals surface area contributed by atoms with Crippen LogP contribution >= 0.6 is 0 Å². The van der Waals surface area contributed by atoms with Crippen LogP contribution in [0.4, 0.5) is 0 Å². The van der Waals surface area contributed by atoms with Crippen molar-refractivity contribution in [3.63, 3.8) is 0 Å². The average Bonchev–Trinajstić information content (AvgIpc) is 2.73. The lowest BCUT2D eigenvalue weighted by molar-refractivity contribution is -0.126. The number of allylic oxidation sites excluding steroid dienone is 1. The highest BCUT2D eigenvalue weighted by molar-refractivity contribution is 5.81. The van der Waals surface area contributed by atoms with Crippen LogP contribution in [0.2, 0.25) is 0 Å². The van der Waals surface area contributed by atoms with E-state index in [2.05, 4.69) is 0 Å². The molecule has 2 rings (SSSR count). The van der Waals surface area contributed by atoms with E-state index in [0.29, 0.717) is 13.0 Å². The van der Waals surface area contributed by atoms with Gasteiger partial charge >= 0.3 is 0 Å². The van der Waals surface area contributed by atoms with Crippen LogP contribution < -0.4 is 0 Å². The third kappa shape index (κ3) is 6.77. The highest BCUT2D eigenvalue weighted by Gasteiger charge is 2.27. The van der Waals surface area contributed by atoms with Crippen molar-refractivity contribution in [2.24, 2.45) is 11.8 Å². The highest BCUT2D eigenvalue weighted by atomic mass is 16.5. The van der Waals surface area contributed by atoms with E-state index < -0.39 is 6.10 Å². The second-order valence-electron chi connectivity index (χ2n) is 7.15. The number of carbonyl (C=O) groups is 1. The number of carbonyl (C=O) groups excluding carboxylic acids is 1. The molecule has 0 spiro atoms. The summed E-state index contributed by atoms with van der Waals surface area (Å²) < 4.78 is 10.9. The van der Waals surface area contributed by atoms with Gasteiger partial charge in [0.1, 0.15) is 11.5 Å². The number of aliphatic hydroxyl groups is 1. The summed E-state index contributed by atoms with van der Waals surface area (Å²) in [6.45, 7) is 4.31. The zero-order valence-corrected chi connectivity index (χ0v) is 17.1. The van der Waals surface area contributed by atoms with Crippen molar-refractivity contribution in [2.45, 2.75) is 45.3 Å². The number of hydrogen-bond donors (Lipinski definition) is 1. The number of aliphatic hydroxyl groups excluding tert-OH is 1. The molecule has 152 valence electrons. The van der Waals surface area contributed by atoms with E-state index in [-0.39, 0.29) is 23.7 Å². The van der Waals surface area contributed by atoms with Crippen molar-refractivity contribution >= 4 is 11.9 Å². The fourth-order valence-electron chi connectivity index (χ4n) is 3.44. The molecule has 4 heteroatoms. The molecule has 0 heterocycles. The van der Waals surface area contributed by atoms with Crippen LogP contribution in [-0.4, -0.2) is 36.8 Å². The number of benzene rings is 1. The first-order valence-corrected chi connectivity index (χ1v) is 10.0. The Morgan fingerprint density at radius 3 is 2.68 bits per heavy atom. The van der Waals surface area contributed by atoms with Crippen molar-refractivity contribution in [1.29, 1.82) is 0 Å². The minimum absolute atomic E-state index is 0.0108. The third-order valence-corrected chi connectivity index (χ3v) is 5.29. The summed E-state index contributed by atoms with van der Waals surface area (Å²) in [5.41, 5.74) is 1.04. The summed E-state index contributed by atoms with van der Waals surface area (Å²) >= 11 is 0. The zero-order valence-electron chi connectivity index (χ0n) is 17.1. The molecular weight excluding hydrogens is 352 g/mol. The quantitative estimate of drug-likeness (QED) is 0.608. The molecule has 0 saturated carbocycles. The molecule has 0 aliphatic heterocycles. The number of rotatable bonds is 11. The summed E-state index contributed by atoms with van der Waals surface area (Å²) in [4.78, 5) is 12.6. The first kappa shape index (κ1) is 22.1. The smallest absolute Gasteiger partial charge is 0.138 e. The molecule has 28 heavy (non-hydrogen) atoms. The van der Waals surface area contributed by atoms with Crippen LogP contribution in [0.15, 0.2) is 60.4 Å². The lowest BCUT2D eigenvalue weighted by Gasteiger charge is -2.25. The van der Waals surface area contributed by atoms with Crippen molar-refractivity contribution in [2.75, 3.05) is 13.7 Å². The van der Waals surface area contributed by atoms with Crippen LogP contribution in [-0.2, 0) is 14.3 Å². The Labute approximate surface area is 168 Å².